The molecule has 0 spiro atoms. The molecule has 18 heavy (non-hydrogen) atoms. The second kappa shape index (κ2) is 8.92. The van der Waals surface area contributed by atoms with Crippen molar-refractivity contribution in [3.05, 3.63) is 0 Å². The van der Waals surface area contributed by atoms with Crippen LogP contribution in [0.3, 0.4) is 0 Å². The van der Waals surface area contributed by atoms with Gasteiger partial charge in [0.05, 0.1) is 13.2 Å². The lowest BCUT2D eigenvalue weighted by Crippen LogP contribution is -2.18. The summed E-state index contributed by atoms with van der Waals surface area (Å²) in [6, 6.07) is 0. The molecule has 106 valence electrons. The molecule has 0 saturated heterocycles. The third-order valence-corrected chi connectivity index (χ3v) is 4.53. The number of hydrogen-bond donors (Lipinski definition) is 0. The highest BCUT2D eigenvalue weighted by Crippen LogP contribution is 2.24. The van der Waals surface area contributed by atoms with Gasteiger partial charge < -0.3 is 9.47 Å². The van der Waals surface area contributed by atoms with E-state index < -0.39 is 0 Å². The second-order valence-corrected chi connectivity index (χ2v) is 6.16. The Hall–Kier alpha value is -0.0800. The Morgan fingerprint density at radius 1 is 0.556 bits per heavy atom. The molecular weight excluding hydrogens is 224 g/mol. The van der Waals surface area contributed by atoms with Crippen molar-refractivity contribution in [2.24, 2.45) is 11.8 Å². The Morgan fingerprint density at radius 3 is 1.33 bits per heavy atom. The summed E-state index contributed by atoms with van der Waals surface area (Å²) in [4.78, 5) is 0. The first-order valence-electron chi connectivity index (χ1n) is 8.10. The Labute approximate surface area is 112 Å². The maximum absolute atomic E-state index is 5.74. The monoisotopic (exact) mass is 254 g/mol. The third-order valence-electron chi connectivity index (χ3n) is 4.53. The highest BCUT2D eigenvalue weighted by atomic mass is 16.5. The number of ether oxygens (including phenoxy) is 2. The van der Waals surface area contributed by atoms with Crippen LogP contribution in [0, 0.1) is 11.8 Å². The first-order chi connectivity index (χ1) is 8.95. The Bertz CT molecular complexity index is 171. The minimum atomic E-state index is 0.795. The molecule has 2 heteroatoms. The smallest absolute Gasteiger partial charge is 0.0700 e. The highest BCUT2D eigenvalue weighted by molar-refractivity contribution is 4.65. The molecular formula is C16H30O2. The summed E-state index contributed by atoms with van der Waals surface area (Å²) in [5, 5.41) is 0. The first-order valence-corrected chi connectivity index (χ1v) is 8.10. The van der Waals surface area contributed by atoms with Crippen molar-refractivity contribution in [1.82, 2.24) is 0 Å². The molecule has 2 fully saturated rings. The predicted molar refractivity (Wildman–Crippen MR) is 74.8 cm³/mol. The van der Waals surface area contributed by atoms with E-state index >= 15 is 0 Å². The second-order valence-electron chi connectivity index (χ2n) is 6.16. The van der Waals surface area contributed by atoms with Crippen LogP contribution in [0.25, 0.3) is 0 Å². The van der Waals surface area contributed by atoms with E-state index in [-0.39, 0.29) is 0 Å². The zero-order chi connectivity index (χ0) is 12.5. The van der Waals surface area contributed by atoms with Crippen molar-refractivity contribution in [2.75, 3.05) is 26.4 Å². The van der Waals surface area contributed by atoms with Crippen LogP contribution in [0.2, 0.25) is 0 Å². The van der Waals surface area contributed by atoms with Gasteiger partial charge in [0.2, 0.25) is 0 Å². The topological polar surface area (TPSA) is 18.5 Å². The lowest BCUT2D eigenvalue weighted by Gasteiger charge is -2.22. The summed E-state index contributed by atoms with van der Waals surface area (Å²) in [5.74, 6) is 1.66. The molecule has 0 aliphatic heterocycles. The summed E-state index contributed by atoms with van der Waals surface area (Å²) < 4.78 is 11.5. The highest BCUT2D eigenvalue weighted by Gasteiger charge is 2.14. The third kappa shape index (κ3) is 5.71. The van der Waals surface area contributed by atoms with Gasteiger partial charge in [0.15, 0.2) is 0 Å². The van der Waals surface area contributed by atoms with Crippen molar-refractivity contribution >= 4 is 0 Å². The van der Waals surface area contributed by atoms with Crippen molar-refractivity contribution in [3.8, 4) is 0 Å². The Kier molecular flexibility index (Phi) is 7.11. The minimum Gasteiger partial charge on any atom is -0.379 e. The van der Waals surface area contributed by atoms with E-state index in [0.29, 0.717) is 0 Å². The first kappa shape index (κ1) is 14.3. The molecule has 0 bridgehead atoms. The van der Waals surface area contributed by atoms with Gasteiger partial charge in [0.1, 0.15) is 0 Å². The normalized spacial score (nSPS) is 23.3. The molecule has 0 radical (unpaired) electrons. The van der Waals surface area contributed by atoms with Crippen LogP contribution in [-0.4, -0.2) is 26.4 Å². The van der Waals surface area contributed by atoms with Crippen LogP contribution in [0.5, 0.6) is 0 Å². The van der Waals surface area contributed by atoms with E-state index in [9.17, 15) is 0 Å². The van der Waals surface area contributed by atoms with Crippen molar-refractivity contribution in [2.45, 2.75) is 64.2 Å². The van der Waals surface area contributed by atoms with Crippen molar-refractivity contribution in [1.29, 1.82) is 0 Å². The average Bonchev–Trinajstić information content (AvgIpc) is 2.45. The van der Waals surface area contributed by atoms with Crippen molar-refractivity contribution in [3.63, 3.8) is 0 Å². The lowest BCUT2D eigenvalue weighted by molar-refractivity contribution is 0.0134. The molecule has 0 aromatic heterocycles. The fourth-order valence-electron chi connectivity index (χ4n) is 3.33. The summed E-state index contributed by atoms with van der Waals surface area (Å²) in [6.07, 6.45) is 14.0. The molecule has 2 aliphatic carbocycles. The molecule has 2 rings (SSSR count). The van der Waals surface area contributed by atoms with Crippen LogP contribution in [0.4, 0.5) is 0 Å². The minimum absolute atomic E-state index is 0.795. The summed E-state index contributed by atoms with van der Waals surface area (Å²) >= 11 is 0. The molecule has 0 unspecified atom stereocenters. The van der Waals surface area contributed by atoms with Gasteiger partial charge in [-0.1, -0.05) is 38.5 Å². The summed E-state index contributed by atoms with van der Waals surface area (Å²) in [6.45, 7) is 3.52. The zero-order valence-corrected chi connectivity index (χ0v) is 11.9. The molecule has 0 aromatic carbocycles. The van der Waals surface area contributed by atoms with Crippen LogP contribution in [0.1, 0.15) is 64.2 Å². The van der Waals surface area contributed by atoms with Gasteiger partial charge in [-0.25, -0.2) is 0 Å². The van der Waals surface area contributed by atoms with E-state index in [1.165, 1.54) is 64.2 Å². The van der Waals surface area contributed by atoms with E-state index in [1.807, 2.05) is 0 Å². The standard InChI is InChI=1S/C16H30O2/c1-3-7-15(8-4-1)13-17-11-12-18-14-16-9-5-2-6-10-16/h15-16H,1-14H2. The van der Waals surface area contributed by atoms with Crippen LogP contribution < -0.4 is 0 Å². The molecule has 2 aliphatic rings. The van der Waals surface area contributed by atoms with Gasteiger partial charge in [0, 0.05) is 13.2 Å². The van der Waals surface area contributed by atoms with Crippen LogP contribution >= 0.6 is 0 Å². The van der Waals surface area contributed by atoms with Gasteiger partial charge in [-0.3, -0.25) is 0 Å². The number of hydrogen-bond acceptors (Lipinski definition) is 2. The quantitative estimate of drug-likeness (QED) is 0.635. The molecule has 2 saturated carbocycles. The van der Waals surface area contributed by atoms with Crippen LogP contribution in [0.15, 0.2) is 0 Å². The van der Waals surface area contributed by atoms with E-state index in [1.54, 1.807) is 0 Å². The molecule has 0 atom stereocenters. The molecule has 0 N–H and O–H groups in total. The Morgan fingerprint density at radius 2 is 0.944 bits per heavy atom. The molecule has 2 nitrogen and oxygen atoms in total. The maximum Gasteiger partial charge on any atom is 0.0700 e. The fourth-order valence-corrected chi connectivity index (χ4v) is 3.33. The van der Waals surface area contributed by atoms with Gasteiger partial charge in [-0.15, -0.1) is 0 Å². The fraction of sp³-hybridized carbons (Fsp3) is 1.00. The van der Waals surface area contributed by atoms with Gasteiger partial charge in [0.25, 0.3) is 0 Å². The zero-order valence-electron chi connectivity index (χ0n) is 11.9. The average molecular weight is 254 g/mol. The van der Waals surface area contributed by atoms with Gasteiger partial charge >= 0.3 is 0 Å². The van der Waals surface area contributed by atoms with Crippen molar-refractivity contribution < 1.29 is 9.47 Å². The largest absolute Gasteiger partial charge is 0.379 e. The van der Waals surface area contributed by atoms with Gasteiger partial charge in [-0.2, -0.15) is 0 Å². The van der Waals surface area contributed by atoms with Gasteiger partial charge in [-0.05, 0) is 37.5 Å². The maximum atomic E-state index is 5.74. The predicted octanol–water partition coefficient (Wildman–Crippen LogP) is 4.18. The Balaban J connectivity index is 1.39. The summed E-state index contributed by atoms with van der Waals surface area (Å²) in [7, 11) is 0. The van der Waals surface area contributed by atoms with E-state index in [0.717, 1.165) is 38.3 Å². The molecule has 0 heterocycles. The van der Waals surface area contributed by atoms with Crippen LogP contribution in [-0.2, 0) is 9.47 Å². The molecule has 0 aromatic rings. The number of rotatable bonds is 7. The summed E-state index contributed by atoms with van der Waals surface area (Å²) in [5.41, 5.74) is 0. The lowest BCUT2D eigenvalue weighted by atomic mass is 9.90. The molecule has 0 amide bonds. The van der Waals surface area contributed by atoms with E-state index in [4.69, 9.17) is 9.47 Å². The van der Waals surface area contributed by atoms with E-state index in [2.05, 4.69) is 0 Å². The SMILES string of the molecule is C1CCC(COCCOCC2CCCCC2)CC1.